The van der Waals surface area contributed by atoms with E-state index in [1.807, 2.05) is 6.92 Å². The number of rotatable bonds is 6. The molecule has 1 N–H and O–H groups in total. The highest BCUT2D eigenvalue weighted by Gasteiger charge is 2.34. The molecule has 1 amide bonds. The van der Waals surface area contributed by atoms with Crippen molar-refractivity contribution in [3.8, 4) is 6.07 Å². The van der Waals surface area contributed by atoms with Crippen LogP contribution in [-0.4, -0.2) is 42.3 Å². The quantitative estimate of drug-likeness (QED) is 0.719. The van der Waals surface area contributed by atoms with Crippen LogP contribution in [0.4, 0.5) is 0 Å². The van der Waals surface area contributed by atoms with Crippen LogP contribution in [0.15, 0.2) is 0 Å². The van der Waals surface area contributed by atoms with Crippen LogP contribution < -0.4 is 0 Å². The second-order valence-electron chi connectivity index (χ2n) is 4.83. The molecule has 0 saturated carbocycles. The van der Waals surface area contributed by atoms with Gasteiger partial charge in [0.15, 0.2) is 6.23 Å². The average molecular weight is 362 g/mol. The second-order valence-corrected chi connectivity index (χ2v) is 8.80. The summed E-state index contributed by atoms with van der Waals surface area (Å²) in [5, 5.41) is 19.5. The number of hydrogen-bond acceptors (Lipinski definition) is 8. The zero-order valence-corrected chi connectivity index (χ0v) is 14.9. The van der Waals surface area contributed by atoms with Gasteiger partial charge in [-0.05, 0) is 19.1 Å². The molecule has 22 heavy (non-hydrogen) atoms. The van der Waals surface area contributed by atoms with E-state index in [1.54, 1.807) is 6.92 Å². The van der Waals surface area contributed by atoms with Crippen molar-refractivity contribution in [1.29, 1.82) is 5.26 Å². The highest BCUT2D eigenvalue weighted by atomic mass is 32.2. The number of aliphatic hydroxyl groups excluding tert-OH is 1. The number of amides is 1. The lowest BCUT2D eigenvalue weighted by Crippen LogP contribution is -2.35. The van der Waals surface area contributed by atoms with Gasteiger partial charge >= 0.3 is 5.97 Å². The Kier molecular flexibility index (Phi) is 7.62. The van der Waals surface area contributed by atoms with Gasteiger partial charge in [-0.15, -0.1) is 16.8 Å². The summed E-state index contributed by atoms with van der Waals surface area (Å²) < 4.78 is -0.170. The molecule has 1 aliphatic heterocycles. The number of hydroxylamine groups is 2. The SMILES string of the molecule is CCSC(=S)SC(C)(C#N)CCC(=O)ON1C(=O)CCC1O. The lowest BCUT2D eigenvalue weighted by atomic mass is 10.1. The van der Waals surface area contributed by atoms with Crippen molar-refractivity contribution in [2.45, 2.75) is 50.5 Å². The third-order valence-corrected chi connectivity index (χ3v) is 5.59. The van der Waals surface area contributed by atoms with Gasteiger partial charge in [0, 0.05) is 12.8 Å². The van der Waals surface area contributed by atoms with Crippen LogP contribution in [0.2, 0.25) is 0 Å². The normalized spacial score (nSPS) is 20.4. The molecule has 9 heteroatoms. The number of hydrogen-bond donors (Lipinski definition) is 1. The Bertz CT molecular complexity index is 494. The lowest BCUT2D eigenvalue weighted by molar-refractivity contribution is -0.220. The summed E-state index contributed by atoms with van der Waals surface area (Å²) in [6.07, 6.45) is -0.465. The molecule has 0 bridgehead atoms. The van der Waals surface area contributed by atoms with Crippen molar-refractivity contribution in [3.05, 3.63) is 0 Å². The van der Waals surface area contributed by atoms with E-state index in [0.29, 0.717) is 8.59 Å². The van der Waals surface area contributed by atoms with Crippen molar-refractivity contribution in [2.24, 2.45) is 0 Å². The summed E-state index contributed by atoms with van der Waals surface area (Å²) in [6, 6.07) is 2.16. The zero-order chi connectivity index (χ0) is 16.8. The van der Waals surface area contributed by atoms with Crippen LogP contribution in [0, 0.1) is 11.3 Å². The van der Waals surface area contributed by atoms with Crippen molar-refractivity contribution < 1.29 is 19.5 Å². The van der Waals surface area contributed by atoms with Crippen molar-refractivity contribution in [3.63, 3.8) is 0 Å². The molecular weight excluding hydrogens is 344 g/mol. The lowest BCUT2D eigenvalue weighted by Gasteiger charge is -2.22. The first-order valence-electron chi connectivity index (χ1n) is 6.79. The first-order chi connectivity index (χ1) is 10.3. The monoisotopic (exact) mass is 362 g/mol. The highest BCUT2D eigenvalue weighted by molar-refractivity contribution is 8.47. The first-order valence-corrected chi connectivity index (χ1v) is 9.00. The molecule has 0 aliphatic carbocycles. The summed E-state index contributed by atoms with van der Waals surface area (Å²) in [4.78, 5) is 28.1. The Morgan fingerprint density at radius 3 is 2.86 bits per heavy atom. The van der Waals surface area contributed by atoms with E-state index in [2.05, 4.69) is 6.07 Å². The fourth-order valence-electron chi connectivity index (χ4n) is 1.71. The Morgan fingerprint density at radius 2 is 2.36 bits per heavy atom. The van der Waals surface area contributed by atoms with Gasteiger partial charge in [-0.2, -0.15) is 5.26 Å². The standard InChI is InChI=1S/C13H18N2O4S3/c1-3-21-12(20)22-13(2,8-14)7-6-11(18)19-15-9(16)4-5-10(15)17/h9,16H,3-7H2,1-2H3. The number of nitrogens with zero attached hydrogens (tertiary/aromatic N) is 2. The molecule has 1 fully saturated rings. The van der Waals surface area contributed by atoms with E-state index in [9.17, 15) is 20.0 Å². The molecule has 1 heterocycles. The molecule has 0 aromatic carbocycles. The van der Waals surface area contributed by atoms with Crippen LogP contribution in [0.5, 0.6) is 0 Å². The Balaban J connectivity index is 2.48. The summed E-state index contributed by atoms with van der Waals surface area (Å²) in [5.41, 5.74) is 0. The van der Waals surface area contributed by atoms with Crippen LogP contribution in [0.3, 0.4) is 0 Å². The van der Waals surface area contributed by atoms with Gasteiger partial charge in [-0.3, -0.25) is 4.79 Å². The zero-order valence-electron chi connectivity index (χ0n) is 12.4. The Morgan fingerprint density at radius 1 is 1.68 bits per heavy atom. The molecule has 1 rings (SSSR count). The Labute approximate surface area is 143 Å². The third kappa shape index (κ3) is 5.76. The first kappa shape index (κ1) is 19.2. The molecule has 122 valence electrons. The number of thioether (sulfide) groups is 2. The molecule has 0 aromatic rings. The van der Waals surface area contributed by atoms with Gasteiger partial charge in [-0.1, -0.05) is 30.9 Å². The van der Waals surface area contributed by atoms with E-state index >= 15 is 0 Å². The van der Waals surface area contributed by atoms with Gasteiger partial charge in [0.2, 0.25) is 0 Å². The van der Waals surface area contributed by atoms with E-state index in [-0.39, 0.29) is 25.7 Å². The van der Waals surface area contributed by atoms with Gasteiger partial charge in [0.25, 0.3) is 5.91 Å². The molecule has 1 aliphatic rings. The van der Waals surface area contributed by atoms with E-state index in [1.165, 1.54) is 23.5 Å². The molecular formula is C13H18N2O4S3. The summed E-state index contributed by atoms with van der Waals surface area (Å²) in [5.74, 6) is -0.242. The minimum absolute atomic E-state index is 0.0348. The topological polar surface area (TPSA) is 90.6 Å². The fraction of sp³-hybridized carbons (Fsp3) is 0.692. The maximum absolute atomic E-state index is 11.8. The number of nitriles is 1. The molecule has 6 nitrogen and oxygen atoms in total. The van der Waals surface area contributed by atoms with E-state index < -0.39 is 22.9 Å². The van der Waals surface area contributed by atoms with Gasteiger partial charge in [-0.25, -0.2) is 4.79 Å². The molecule has 2 unspecified atom stereocenters. The average Bonchev–Trinajstić information content (AvgIpc) is 2.77. The number of carbonyl (C=O) groups excluding carboxylic acids is 2. The van der Waals surface area contributed by atoms with Gasteiger partial charge in [0.05, 0.1) is 12.5 Å². The van der Waals surface area contributed by atoms with Crippen LogP contribution in [0.25, 0.3) is 0 Å². The van der Waals surface area contributed by atoms with Gasteiger partial charge in [0.1, 0.15) is 8.28 Å². The van der Waals surface area contributed by atoms with Gasteiger partial charge < -0.3 is 9.94 Å². The minimum Gasteiger partial charge on any atom is -0.370 e. The Hall–Kier alpha value is -0.820. The smallest absolute Gasteiger partial charge is 0.332 e. The van der Waals surface area contributed by atoms with Crippen LogP contribution in [-0.2, 0) is 14.4 Å². The summed E-state index contributed by atoms with van der Waals surface area (Å²) in [6.45, 7) is 3.68. The fourth-order valence-corrected chi connectivity index (χ4v) is 4.61. The van der Waals surface area contributed by atoms with Crippen molar-refractivity contribution in [1.82, 2.24) is 5.06 Å². The maximum atomic E-state index is 11.8. The molecule has 0 radical (unpaired) electrons. The molecule has 0 aromatic heterocycles. The van der Waals surface area contributed by atoms with Crippen LogP contribution in [0.1, 0.15) is 39.5 Å². The largest absolute Gasteiger partial charge is 0.370 e. The number of carbonyl (C=O) groups is 2. The highest BCUT2D eigenvalue weighted by Crippen LogP contribution is 2.34. The minimum atomic E-state index is -1.08. The molecule has 2 atom stereocenters. The van der Waals surface area contributed by atoms with Crippen LogP contribution >= 0.6 is 35.7 Å². The number of aliphatic hydroxyl groups is 1. The van der Waals surface area contributed by atoms with E-state index in [4.69, 9.17) is 17.1 Å². The van der Waals surface area contributed by atoms with E-state index in [0.717, 1.165) is 5.75 Å². The van der Waals surface area contributed by atoms with Crippen molar-refractivity contribution in [2.75, 3.05) is 5.75 Å². The molecule has 0 spiro atoms. The third-order valence-electron chi connectivity index (χ3n) is 2.95. The summed E-state index contributed by atoms with van der Waals surface area (Å²) in [7, 11) is 0. The predicted molar refractivity (Wildman–Crippen MR) is 89.8 cm³/mol. The number of thiocarbonyl (C=S) groups is 1. The maximum Gasteiger partial charge on any atom is 0.332 e. The van der Waals surface area contributed by atoms with Crippen molar-refractivity contribution >= 4 is 51.1 Å². The predicted octanol–water partition coefficient (Wildman–Crippen LogP) is 2.22. The molecule has 1 saturated heterocycles. The summed E-state index contributed by atoms with van der Waals surface area (Å²) >= 11 is 7.90. The second kappa shape index (κ2) is 8.72.